The normalized spacial score (nSPS) is 17.7. The van der Waals surface area contributed by atoms with E-state index in [4.69, 9.17) is 27.9 Å². The Hall–Kier alpha value is -3.11. The van der Waals surface area contributed by atoms with Gasteiger partial charge in [-0.25, -0.2) is 0 Å². The van der Waals surface area contributed by atoms with Crippen molar-refractivity contribution in [3.63, 3.8) is 0 Å². The van der Waals surface area contributed by atoms with Crippen molar-refractivity contribution in [1.29, 1.82) is 5.26 Å². The van der Waals surface area contributed by atoms with Crippen LogP contribution in [-0.4, -0.2) is 23.4 Å². The second-order valence-corrected chi connectivity index (χ2v) is 10.1. The molecule has 1 atom stereocenters. The number of fused-ring (bicyclic) bond motifs is 1. The predicted molar refractivity (Wildman–Crippen MR) is 140 cm³/mol. The van der Waals surface area contributed by atoms with E-state index in [-0.39, 0.29) is 18.2 Å². The number of amides is 1. The van der Waals surface area contributed by atoms with Gasteiger partial charge in [-0.1, -0.05) is 59.2 Å². The summed E-state index contributed by atoms with van der Waals surface area (Å²) in [5, 5.41) is 12.1. The van der Waals surface area contributed by atoms with Crippen LogP contribution in [0.5, 0.6) is 5.75 Å². The zero-order valence-electron chi connectivity index (χ0n) is 18.7. The monoisotopic (exact) mass is 521 g/mol. The minimum atomic E-state index is -0.265. The van der Waals surface area contributed by atoms with Crippen LogP contribution in [0.4, 0.5) is 5.69 Å². The molecular weight excluding hydrogens is 501 g/mol. The second kappa shape index (κ2) is 10.2. The van der Waals surface area contributed by atoms with Gasteiger partial charge in [0.1, 0.15) is 12.4 Å². The maximum Gasteiger partial charge on any atom is 0.229 e. The van der Waals surface area contributed by atoms with Crippen molar-refractivity contribution >= 4 is 46.6 Å². The molecule has 0 spiro atoms. The lowest BCUT2D eigenvalue weighted by Gasteiger charge is -2.42. The third-order valence-corrected chi connectivity index (χ3v) is 7.74. The summed E-state index contributed by atoms with van der Waals surface area (Å²) in [5.41, 5.74) is 3.58. The number of nitriles is 1. The van der Waals surface area contributed by atoms with E-state index in [1.54, 1.807) is 4.90 Å². The van der Waals surface area contributed by atoms with Gasteiger partial charge in [0, 0.05) is 28.1 Å². The Morgan fingerprint density at radius 3 is 2.29 bits per heavy atom. The number of anilines is 1. The number of halogens is 2. The van der Waals surface area contributed by atoms with Gasteiger partial charge < -0.3 is 9.64 Å². The Morgan fingerprint density at radius 1 is 0.971 bits per heavy atom. The van der Waals surface area contributed by atoms with Crippen LogP contribution in [0.15, 0.2) is 83.4 Å². The highest BCUT2D eigenvalue weighted by Gasteiger charge is 2.38. The van der Waals surface area contributed by atoms with Crippen LogP contribution in [0.25, 0.3) is 0 Å². The molecule has 2 heterocycles. The summed E-state index contributed by atoms with van der Waals surface area (Å²) in [6.45, 7) is 0.847. The summed E-state index contributed by atoms with van der Waals surface area (Å²) in [7, 11) is 0. The molecular formula is C27H21Cl2N3O2S. The topological polar surface area (TPSA) is 56.6 Å². The standard InChI is InChI=1S/C27H21Cl2N3O2S/c28-20-5-1-18(2-6-20)15-34-23-11-3-19(4-12-23)24-13-26(33)32-16-31(17-35-27(32)25(24)14-30)22-9-7-21(29)8-10-22/h1-12,24H,13,15-17H2. The number of hydrogen-bond donors (Lipinski definition) is 0. The van der Waals surface area contributed by atoms with E-state index >= 15 is 0 Å². The zero-order valence-corrected chi connectivity index (χ0v) is 21.0. The Labute approximate surface area is 218 Å². The number of carbonyl (C=O) groups excluding carboxylic acids is 1. The first kappa shape index (κ1) is 23.6. The SMILES string of the molecule is N#CC1=C2SCN(c3ccc(Cl)cc3)CN2C(=O)CC1c1ccc(OCc2ccc(Cl)cc2)cc1. The summed E-state index contributed by atoms with van der Waals surface area (Å²) < 4.78 is 5.88. The van der Waals surface area contributed by atoms with Crippen molar-refractivity contribution in [3.8, 4) is 11.8 Å². The molecule has 0 aromatic heterocycles. The summed E-state index contributed by atoms with van der Waals surface area (Å²) in [6, 6.07) is 25.1. The number of hydrogen-bond acceptors (Lipinski definition) is 5. The smallest absolute Gasteiger partial charge is 0.229 e. The van der Waals surface area contributed by atoms with Crippen LogP contribution in [0.1, 0.15) is 23.5 Å². The van der Waals surface area contributed by atoms with Crippen molar-refractivity contribution in [2.24, 2.45) is 0 Å². The molecule has 0 bridgehead atoms. The van der Waals surface area contributed by atoms with E-state index < -0.39 is 0 Å². The molecule has 3 aromatic rings. The molecule has 1 amide bonds. The van der Waals surface area contributed by atoms with Gasteiger partial charge in [-0.2, -0.15) is 5.26 Å². The van der Waals surface area contributed by atoms with E-state index in [0.29, 0.717) is 34.8 Å². The first-order valence-corrected chi connectivity index (χ1v) is 12.8. The Morgan fingerprint density at radius 2 is 1.63 bits per heavy atom. The molecule has 0 N–H and O–H groups in total. The number of allylic oxidation sites excluding steroid dienone is 1. The van der Waals surface area contributed by atoms with Crippen molar-refractivity contribution in [3.05, 3.63) is 105 Å². The van der Waals surface area contributed by atoms with Gasteiger partial charge in [-0.15, -0.1) is 0 Å². The number of ether oxygens (including phenoxy) is 1. The molecule has 2 aliphatic heterocycles. The molecule has 0 aliphatic carbocycles. The van der Waals surface area contributed by atoms with E-state index in [1.165, 1.54) is 11.8 Å². The van der Waals surface area contributed by atoms with Gasteiger partial charge in [-0.05, 0) is 59.7 Å². The first-order valence-electron chi connectivity index (χ1n) is 11.1. The van der Waals surface area contributed by atoms with Crippen LogP contribution in [0.3, 0.4) is 0 Å². The number of nitrogens with zero attached hydrogens (tertiary/aromatic N) is 3. The summed E-state index contributed by atoms with van der Waals surface area (Å²) in [5.74, 6) is 1.12. The molecule has 35 heavy (non-hydrogen) atoms. The minimum absolute atomic E-state index is 0.0122. The highest BCUT2D eigenvalue weighted by atomic mass is 35.5. The maximum absolute atomic E-state index is 13.1. The Kier molecular flexibility index (Phi) is 6.92. The number of benzene rings is 3. The molecule has 1 unspecified atom stereocenters. The fourth-order valence-electron chi connectivity index (χ4n) is 4.21. The van der Waals surface area contributed by atoms with Gasteiger partial charge in [0.25, 0.3) is 0 Å². The summed E-state index contributed by atoms with van der Waals surface area (Å²) in [4.78, 5) is 17.0. The van der Waals surface area contributed by atoms with Crippen LogP contribution in [0.2, 0.25) is 10.0 Å². The van der Waals surface area contributed by atoms with E-state index in [1.807, 2.05) is 72.8 Å². The number of thioether (sulfide) groups is 1. The maximum atomic E-state index is 13.1. The fourth-order valence-corrected chi connectivity index (χ4v) is 5.63. The van der Waals surface area contributed by atoms with Crippen molar-refractivity contribution in [1.82, 2.24) is 4.90 Å². The summed E-state index contributed by atoms with van der Waals surface area (Å²) >= 11 is 13.5. The van der Waals surface area contributed by atoms with Crippen LogP contribution >= 0.6 is 35.0 Å². The largest absolute Gasteiger partial charge is 0.489 e. The van der Waals surface area contributed by atoms with Crippen LogP contribution < -0.4 is 9.64 Å². The molecule has 2 aliphatic rings. The van der Waals surface area contributed by atoms with E-state index in [0.717, 1.165) is 27.6 Å². The molecule has 0 radical (unpaired) electrons. The molecule has 8 heteroatoms. The minimum Gasteiger partial charge on any atom is -0.489 e. The molecule has 1 saturated heterocycles. The van der Waals surface area contributed by atoms with Crippen molar-refractivity contribution in [2.45, 2.75) is 18.9 Å². The lowest BCUT2D eigenvalue weighted by molar-refractivity contribution is -0.129. The average molecular weight is 522 g/mol. The van der Waals surface area contributed by atoms with Gasteiger partial charge in [0.05, 0.1) is 29.2 Å². The molecule has 1 fully saturated rings. The number of carbonyl (C=O) groups is 1. The molecule has 0 saturated carbocycles. The van der Waals surface area contributed by atoms with Gasteiger partial charge in [0.15, 0.2) is 0 Å². The van der Waals surface area contributed by atoms with Crippen LogP contribution in [0, 0.1) is 11.3 Å². The molecule has 3 aromatic carbocycles. The predicted octanol–water partition coefficient (Wildman–Crippen LogP) is 6.79. The fraction of sp³-hybridized carbons (Fsp3) is 0.185. The quantitative estimate of drug-likeness (QED) is 0.369. The van der Waals surface area contributed by atoms with Gasteiger partial charge in [0.2, 0.25) is 5.91 Å². The zero-order chi connectivity index (χ0) is 24.4. The Balaban J connectivity index is 1.31. The lowest BCUT2D eigenvalue weighted by Crippen LogP contribution is -2.47. The van der Waals surface area contributed by atoms with Crippen LogP contribution in [-0.2, 0) is 11.4 Å². The van der Waals surface area contributed by atoms with Gasteiger partial charge in [-0.3, -0.25) is 9.69 Å². The highest BCUT2D eigenvalue weighted by molar-refractivity contribution is 8.03. The summed E-state index contributed by atoms with van der Waals surface area (Å²) in [6.07, 6.45) is 0.256. The van der Waals surface area contributed by atoms with E-state index in [2.05, 4.69) is 11.0 Å². The molecule has 176 valence electrons. The second-order valence-electron chi connectivity index (χ2n) is 8.32. The molecule has 5 nitrogen and oxygen atoms in total. The lowest BCUT2D eigenvalue weighted by atomic mass is 9.86. The third-order valence-electron chi connectivity index (χ3n) is 6.09. The first-order chi connectivity index (χ1) is 17.0. The molecule has 5 rings (SSSR count). The van der Waals surface area contributed by atoms with Crippen molar-refractivity contribution < 1.29 is 9.53 Å². The third kappa shape index (κ3) is 5.13. The highest BCUT2D eigenvalue weighted by Crippen LogP contribution is 2.43. The van der Waals surface area contributed by atoms with Crippen molar-refractivity contribution in [2.75, 3.05) is 17.4 Å². The number of rotatable bonds is 5. The van der Waals surface area contributed by atoms with Gasteiger partial charge >= 0.3 is 0 Å². The Bertz CT molecular complexity index is 1300. The average Bonchev–Trinajstić information content (AvgIpc) is 2.89. The van der Waals surface area contributed by atoms with E-state index in [9.17, 15) is 10.1 Å².